The van der Waals surface area contributed by atoms with Crippen LogP contribution in [0.2, 0.25) is 5.02 Å². The molecule has 9 heteroatoms. The summed E-state index contributed by atoms with van der Waals surface area (Å²) in [5, 5.41) is 2.19. The van der Waals surface area contributed by atoms with Crippen molar-refractivity contribution >= 4 is 57.1 Å². The highest BCUT2D eigenvalue weighted by Crippen LogP contribution is 2.40. The Kier molecular flexibility index (Phi) is 8.90. The topological polar surface area (TPSA) is 76.2 Å². The molecule has 1 amide bonds. The maximum atomic E-state index is 13.8. The van der Waals surface area contributed by atoms with Gasteiger partial charge >= 0.3 is 0 Å². The summed E-state index contributed by atoms with van der Waals surface area (Å²) in [5.74, 6) is 1.64. The van der Waals surface area contributed by atoms with Crippen molar-refractivity contribution in [1.29, 1.82) is 0 Å². The molecule has 1 fully saturated rings. The number of carbonyl (C=O) groups excluding carboxylic acids is 1. The zero-order chi connectivity index (χ0) is 28.9. The molecule has 41 heavy (non-hydrogen) atoms. The van der Waals surface area contributed by atoms with Crippen LogP contribution in [0.5, 0.6) is 17.2 Å². The average Bonchev–Trinajstić information content (AvgIpc) is 3.53. The second-order valence-electron chi connectivity index (χ2n) is 9.64. The first-order valence-electron chi connectivity index (χ1n) is 13.4. The zero-order valence-electron chi connectivity index (χ0n) is 23.4. The molecule has 4 aromatic rings. The monoisotopic (exact) mass is 589 g/mol. The van der Waals surface area contributed by atoms with E-state index in [1.165, 1.54) is 11.8 Å². The Bertz CT molecular complexity index is 1610. The molecule has 1 N–H and O–H groups in total. The van der Waals surface area contributed by atoms with Gasteiger partial charge in [0.2, 0.25) is 0 Å². The Morgan fingerprint density at radius 2 is 1.88 bits per heavy atom. The minimum atomic E-state index is -0.114. The van der Waals surface area contributed by atoms with Gasteiger partial charge in [-0.2, -0.15) is 0 Å². The van der Waals surface area contributed by atoms with Crippen molar-refractivity contribution in [2.45, 2.75) is 32.8 Å². The number of amides is 1. The van der Waals surface area contributed by atoms with Gasteiger partial charge in [0.1, 0.15) is 5.75 Å². The fraction of sp³-hybridized carbons (Fsp3) is 0.250. The number of para-hydroxylation sites is 1. The van der Waals surface area contributed by atoms with E-state index in [-0.39, 0.29) is 12.0 Å². The lowest BCUT2D eigenvalue weighted by molar-refractivity contribution is -0.122. The lowest BCUT2D eigenvalue weighted by atomic mass is 10.1. The fourth-order valence-corrected chi connectivity index (χ4v) is 5.79. The first-order valence-corrected chi connectivity index (χ1v) is 14.6. The van der Waals surface area contributed by atoms with Gasteiger partial charge in [-0.15, -0.1) is 0 Å². The van der Waals surface area contributed by atoms with Crippen LogP contribution >= 0.6 is 23.4 Å². The van der Waals surface area contributed by atoms with Gasteiger partial charge in [0, 0.05) is 23.6 Å². The van der Waals surface area contributed by atoms with E-state index in [9.17, 15) is 4.79 Å². The van der Waals surface area contributed by atoms with Gasteiger partial charge in [-0.1, -0.05) is 36.7 Å². The number of hydrogen-bond donors (Lipinski definition) is 1. The van der Waals surface area contributed by atoms with Gasteiger partial charge in [0.25, 0.3) is 5.91 Å². The van der Waals surface area contributed by atoms with E-state index >= 15 is 0 Å². The number of amidine groups is 1. The van der Waals surface area contributed by atoms with Gasteiger partial charge in [0.05, 0.1) is 35.9 Å². The molecule has 0 bridgehead atoms. The number of fused-ring (bicyclic) bond motifs is 1. The smallest absolute Gasteiger partial charge is 0.266 e. The summed E-state index contributed by atoms with van der Waals surface area (Å²) < 4.78 is 16.8. The molecule has 2 heterocycles. The van der Waals surface area contributed by atoms with Crippen molar-refractivity contribution in [2.75, 3.05) is 20.8 Å². The highest BCUT2D eigenvalue weighted by atomic mass is 35.5. The molecule has 0 aliphatic carbocycles. The van der Waals surface area contributed by atoms with Crippen molar-refractivity contribution in [3.63, 3.8) is 0 Å². The number of benzene rings is 3. The highest BCUT2D eigenvalue weighted by molar-refractivity contribution is 8.18. The predicted octanol–water partition coefficient (Wildman–Crippen LogP) is 7.86. The van der Waals surface area contributed by atoms with E-state index in [0.29, 0.717) is 39.6 Å². The fourth-order valence-electron chi connectivity index (χ4n) is 4.50. The summed E-state index contributed by atoms with van der Waals surface area (Å²) in [4.78, 5) is 24.2. The van der Waals surface area contributed by atoms with Gasteiger partial charge in [-0.25, -0.2) is 4.99 Å². The molecular formula is C32H32ClN3O4S. The van der Waals surface area contributed by atoms with E-state index in [1.54, 1.807) is 25.2 Å². The second-order valence-corrected chi connectivity index (χ2v) is 11.1. The molecule has 5 rings (SSSR count). The van der Waals surface area contributed by atoms with E-state index in [0.717, 1.165) is 39.9 Å². The maximum absolute atomic E-state index is 13.8. The Morgan fingerprint density at radius 3 is 2.61 bits per heavy atom. The molecule has 0 unspecified atom stereocenters. The molecule has 0 radical (unpaired) electrons. The molecule has 1 aromatic heterocycles. The predicted molar refractivity (Wildman–Crippen MR) is 168 cm³/mol. The molecule has 3 aromatic carbocycles. The summed E-state index contributed by atoms with van der Waals surface area (Å²) in [6.07, 6.45) is 5.32. The van der Waals surface area contributed by atoms with Crippen LogP contribution in [0.25, 0.3) is 17.0 Å². The number of thioether (sulfide) groups is 1. The SMILES string of the molecule is CC[C@@H](C)Oc1c(Cl)cc(/C=C2\SC(=Nc3ccc(OC)cc3)N(CCc3c[nH]c4ccccc34)C2=O)cc1OC. The van der Waals surface area contributed by atoms with Gasteiger partial charge < -0.3 is 19.2 Å². The molecule has 1 saturated heterocycles. The first-order chi connectivity index (χ1) is 19.9. The van der Waals surface area contributed by atoms with Gasteiger partial charge in [0.15, 0.2) is 16.7 Å². The van der Waals surface area contributed by atoms with Crippen molar-refractivity contribution in [3.8, 4) is 17.2 Å². The van der Waals surface area contributed by atoms with Crippen LogP contribution in [0, 0.1) is 0 Å². The number of aliphatic imine (C=N–C) groups is 1. The summed E-state index contributed by atoms with van der Waals surface area (Å²) in [7, 11) is 3.20. The third-order valence-corrected chi connectivity index (χ3v) is 8.20. The number of aromatic nitrogens is 1. The average molecular weight is 590 g/mol. The van der Waals surface area contributed by atoms with Crippen LogP contribution in [0.15, 0.2) is 76.8 Å². The standard InChI is InChI=1S/C32H32ClN3O4S/c1-5-20(2)40-30-26(33)16-21(17-28(30)39-4)18-29-31(37)36(15-14-22-19-34-27-9-7-6-8-25(22)27)32(41-29)35-23-10-12-24(38-3)13-11-23/h6-13,16-20,34H,5,14-15H2,1-4H3/b29-18-,35-32?/t20-/m1/s1. The Hall–Kier alpha value is -3.88. The van der Waals surface area contributed by atoms with Crippen LogP contribution < -0.4 is 14.2 Å². The molecular weight excluding hydrogens is 558 g/mol. The number of carbonyl (C=O) groups is 1. The minimum Gasteiger partial charge on any atom is -0.497 e. The molecule has 1 aliphatic rings. The van der Waals surface area contributed by atoms with Gasteiger partial charge in [-0.05, 0) is 91.2 Å². The molecule has 7 nitrogen and oxygen atoms in total. The largest absolute Gasteiger partial charge is 0.497 e. The van der Waals surface area contributed by atoms with E-state index in [2.05, 4.69) is 11.1 Å². The minimum absolute atomic E-state index is 0.0139. The highest BCUT2D eigenvalue weighted by Gasteiger charge is 2.33. The first kappa shape index (κ1) is 28.6. The van der Waals surface area contributed by atoms with Crippen LogP contribution in [0.1, 0.15) is 31.4 Å². The lowest BCUT2D eigenvalue weighted by Gasteiger charge is -2.17. The quantitative estimate of drug-likeness (QED) is 0.191. The molecule has 1 atom stereocenters. The van der Waals surface area contributed by atoms with Crippen LogP contribution in [0.4, 0.5) is 5.69 Å². The number of methoxy groups -OCH3 is 2. The summed E-state index contributed by atoms with van der Waals surface area (Å²) in [6.45, 7) is 4.50. The Balaban J connectivity index is 1.46. The lowest BCUT2D eigenvalue weighted by Crippen LogP contribution is -2.31. The molecule has 1 aliphatic heterocycles. The number of nitrogens with one attached hydrogen (secondary N) is 1. The third-order valence-electron chi connectivity index (χ3n) is 6.91. The van der Waals surface area contributed by atoms with Gasteiger partial charge in [-0.3, -0.25) is 9.69 Å². The number of aromatic amines is 1. The van der Waals surface area contributed by atoms with E-state index < -0.39 is 0 Å². The summed E-state index contributed by atoms with van der Waals surface area (Å²) in [5.41, 5.74) is 3.69. The number of rotatable bonds is 10. The third kappa shape index (κ3) is 6.39. The van der Waals surface area contributed by atoms with Crippen LogP contribution in [-0.2, 0) is 11.2 Å². The van der Waals surface area contributed by atoms with Crippen molar-refractivity contribution in [1.82, 2.24) is 9.88 Å². The Morgan fingerprint density at radius 1 is 1.10 bits per heavy atom. The summed E-state index contributed by atoms with van der Waals surface area (Å²) in [6, 6.07) is 19.2. The molecule has 0 saturated carbocycles. The second kappa shape index (κ2) is 12.7. The Labute approximate surface area is 249 Å². The maximum Gasteiger partial charge on any atom is 0.266 e. The van der Waals surface area contributed by atoms with Crippen LogP contribution in [0.3, 0.4) is 0 Å². The van der Waals surface area contributed by atoms with Crippen molar-refractivity contribution in [2.24, 2.45) is 4.99 Å². The van der Waals surface area contributed by atoms with Crippen molar-refractivity contribution < 1.29 is 19.0 Å². The zero-order valence-corrected chi connectivity index (χ0v) is 25.0. The molecule has 0 spiro atoms. The van der Waals surface area contributed by atoms with E-state index in [1.807, 2.05) is 74.7 Å². The number of ether oxygens (including phenoxy) is 3. The normalized spacial score (nSPS) is 16.1. The molecule has 212 valence electrons. The number of halogens is 1. The van der Waals surface area contributed by atoms with Crippen LogP contribution in [-0.4, -0.2) is 47.8 Å². The number of nitrogens with zero attached hydrogens (tertiary/aromatic N) is 2. The summed E-state index contributed by atoms with van der Waals surface area (Å²) >= 11 is 7.95. The number of H-pyrrole nitrogens is 1. The van der Waals surface area contributed by atoms with E-state index in [4.69, 9.17) is 30.8 Å². The van der Waals surface area contributed by atoms with Crippen molar-refractivity contribution in [3.05, 3.63) is 87.9 Å². The number of hydrogen-bond acceptors (Lipinski definition) is 6.